The molecule has 1 heterocycles. The molecule has 0 aliphatic heterocycles. The van der Waals surface area contributed by atoms with Crippen LogP contribution in [0.1, 0.15) is 12.5 Å². The van der Waals surface area contributed by atoms with E-state index in [0.717, 1.165) is 17.8 Å². The second kappa shape index (κ2) is 8.50. The Balaban J connectivity index is 1.92. The summed E-state index contributed by atoms with van der Waals surface area (Å²) < 4.78 is 5.15. The average molecular weight is 334 g/mol. The summed E-state index contributed by atoms with van der Waals surface area (Å²) in [7, 11) is 1.60. The monoisotopic (exact) mass is 333 g/mol. The van der Waals surface area contributed by atoms with Crippen molar-refractivity contribution in [3.63, 3.8) is 0 Å². The van der Waals surface area contributed by atoms with Crippen LogP contribution in [0, 0.1) is 0 Å². The van der Waals surface area contributed by atoms with E-state index in [2.05, 4.69) is 10.3 Å². The van der Waals surface area contributed by atoms with Gasteiger partial charge in [0, 0.05) is 24.5 Å². The van der Waals surface area contributed by atoms with Crippen LogP contribution in [0.25, 0.3) is 0 Å². The number of carbonyl (C=O) groups is 1. The molecule has 0 aliphatic rings. The molecule has 0 spiro atoms. The van der Waals surface area contributed by atoms with Gasteiger partial charge in [-0.15, -0.1) is 0 Å². The molecule has 2 aromatic rings. The molecular weight excluding hydrogens is 314 g/mol. The fourth-order valence-corrected chi connectivity index (χ4v) is 2.25. The maximum atomic E-state index is 12.2. The molecule has 0 radical (unpaired) electrons. The van der Waals surface area contributed by atoms with Crippen molar-refractivity contribution in [3.8, 4) is 5.75 Å². The zero-order valence-electron chi connectivity index (χ0n) is 13.3. The number of nitrogens with one attached hydrogen (secondary N) is 1. The number of likely N-dealkylation sites (N-methyl/N-ethyl adjacent to an activating group) is 1. The van der Waals surface area contributed by atoms with E-state index in [1.165, 1.54) is 0 Å². The molecule has 1 aromatic heterocycles. The van der Waals surface area contributed by atoms with Crippen LogP contribution in [0.2, 0.25) is 5.15 Å². The summed E-state index contributed by atoms with van der Waals surface area (Å²) in [6.07, 6.45) is 1.73. The van der Waals surface area contributed by atoms with Crippen LogP contribution in [-0.2, 0) is 11.3 Å². The molecule has 0 atom stereocenters. The fraction of sp³-hybridized carbons (Fsp3) is 0.294. The standard InChI is InChI=1S/C17H20ClN3O2/c1-3-21(11-13-7-8-16(18)19-10-13)12-17(22)20-14-5-4-6-15(9-14)23-2/h4-10H,3,11-12H2,1-2H3,(H,20,22). The summed E-state index contributed by atoms with van der Waals surface area (Å²) in [4.78, 5) is 18.3. The van der Waals surface area contributed by atoms with Crippen LogP contribution >= 0.6 is 11.6 Å². The highest BCUT2D eigenvalue weighted by atomic mass is 35.5. The Morgan fingerprint density at radius 3 is 2.83 bits per heavy atom. The molecule has 0 aliphatic carbocycles. The molecule has 6 heteroatoms. The smallest absolute Gasteiger partial charge is 0.238 e. The summed E-state index contributed by atoms with van der Waals surface area (Å²) in [6, 6.07) is 11.0. The number of carbonyl (C=O) groups excluding carboxylic acids is 1. The van der Waals surface area contributed by atoms with Crippen LogP contribution < -0.4 is 10.1 Å². The fourth-order valence-electron chi connectivity index (χ4n) is 2.14. The maximum Gasteiger partial charge on any atom is 0.238 e. The number of ether oxygens (including phenoxy) is 1. The second-order valence-corrected chi connectivity index (χ2v) is 5.46. The minimum Gasteiger partial charge on any atom is -0.497 e. The number of amides is 1. The summed E-state index contributed by atoms with van der Waals surface area (Å²) in [6.45, 7) is 3.72. The van der Waals surface area contributed by atoms with Gasteiger partial charge in [0.2, 0.25) is 5.91 Å². The summed E-state index contributed by atoms with van der Waals surface area (Å²) in [5.41, 5.74) is 1.74. The average Bonchev–Trinajstić information content (AvgIpc) is 2.56. The Kier molecular flexibility index (Phi) is 6.38. The number of hydrogen-bond donors (Lipinski definition) is 1. The number of rotatable bonds is 7. The van der Waals surface area contributed by atoms with Crippen molar-refractivity contribution in [2.75, 3.05) is 25.5 Å². The number of anilines is 1. The van der Waals surface area contributed by atoms with Gasteiger partial charge in [-0.2, -0.15) is 0 Å². The predicted octanol–water partition coefficient (Wildman–Crippen LogP) is 3.20. The molecule has 0 fully saturated rings. The van der Waals surface area contributed by atoms with Gasteiger partial charge in [0.05, 0.1) is 13.7 Å². The van der Waals surface area contributed by atoms with Gasteiger partial charge >= 0.3 is 0 Å². The number of nitrogens with zero attached hydrogens (tertiary/aromatic N) is 2. The number of methoxy groups -OCH3 is 1. The van der Waals surface area contributed by atoms with Gasteiger partial charge in [-0.3, -0.25) is 9.69 Å². The van der Waals surface area contributed by atoms with Crippen LogP contribution in [0.5, 0.6) is 5.75 Å². The SMILES string of the molecule is CCN(CC(=O)Nc1cccc(OC)c1)Cc1ccc(Cl)nc1. The van der Waals surface area contributed by atoms with Crippen LogP contribution in [0.15, 0.2) is 42.6 Å². The van der Waals surface area contributed by atoms with Crippen molar-refractivity contribution in [3.05, 3.63) is 53.3 Å². The lowest BCUT2D eigenvalue weighted by molar-refractivity contribution is -0.117. The number of pyridine rings is 1. The topological polar surface area (TPSA) is 54.5 Å². The van der Waals surface area contributed by atoms with Gasteiger partial charge in [-0.1, -0.05) is 30.7 Å². The minimum absolute atomic E-state index is 0.0676. The zero-order chi connectivity index (χ0) is 16.7. The van der Waals surface area contributed by atoms with Crippen LogP contribution in [0.3, 0.4) is 0 Å². The Morgan fingerprint density at radius 1 is 1.35 bits per heavy atom. The van der Waals surface area contributed by atoms with E-state index in [1.54, 1.807) is 25.4 Å². The van der Waals surface area contributed by atoms with E-state index >= 15 is 0 Å². The first kappa shape index (κ1) is 17.2. The maximum absolute atomic E-state index is 12.2. The number of aromatic nitrogens is 1. The highest BCUT2D eigenvalue weighted by Gasteiger charge is 2.10. The van der Waals surface area contributed by atoms with E-state index in [4.69, 9.17) is 16.3 Å². The molecule has 122 valence electrons. The molecule has 5 nitrogen and oxygen atoms in total. The minimum atomic E-state index is -0.0676. The van der Waals surface area contributed by atoms with Crippen molar-refractivity contribution < 1.29 is 9.53 Å². The van der Waals surface area contributed by atoms with Crippen molar-refractivity contribution in [2.24, 2.45) is 0 Å². The molecule has 0 saturated heterocycles. The Bertz CT molecular complexity index is 647. The highest BCUT2D eigenvalue weighted by molar-refractivity contribution is 6.29. The quantitative estimate of drug-likeness (QED) is 0.790. The van der Waals surface area contributed by atoms with Gasteiger partial charge in [0.1, 0.15) is 10.9 Å². The first-order valence-electron chi connectivity index (χ1n) is 7.37. The third-order valence-corrected chi connectivity index (χ3v) is 3.59. The molecule has 1 aromatic carbocycles. The van der Waals surface area contributed by atoms with Crippen LogP contribution in [0.4, 0.5) is 5.69 Å². The molecular formula is C17H20ClN3O2. The molecule has 1 amide bonds. The third kappa shape index (κ3) is 5.54. The summed E-state index contributed by atoms with van der Waals surface area (Å²) in [5.74, 6) is 0.643. The van der Waals surface area contributed by atoms with Crippen LogP contribution in [-0.4, -0.2) is 36.0 Å². The summed E-state index contributed by atoms with van der Waals surface area (Å²) >= 11 is 5.78. The molecule has 0 bridgehead atoms. The number of hydrogen-bond acceptors (Lipinski definition) is 4. The predicted molar refractivity (Wildman–Crippen MR) is 91.8 cm³/mol. The lowest BCUT2D eigenvalue weighted by Crippen LogP contribution is -2.32. The van der Waals surface area contributed by atoms with E-state index in [-0.39, 0.29) is 5.91 Å². The Hall–Kier alpha value is -2.11. The van der Waals surface area contributed by atoms with Crippen molar-refractivity contribution in [1.29, 1.82) is 0 Å². The lowest BCUT2D eigenvalue weighted by Gasteiger charge is -2.19. The Labute approximate surface area is 141 Å². The van der Waals surface area contributed by atoms with E-state index in [1.807, 2.05) is 36.1 Å². The Morgan fingerprint density at radius 2 is 2.17 bits per heavy atom. The van der Waals surface area contributed by atoms with Crippen molar-refractivity contribution in [1.82, 2.24) is 9.88 Å². The van der Waals surface area contributed by atoms with Crippen molar-refractivity contribution in [2.45, 2.75) is 13.5 Å². The second-order valence-electron chi connectivity index (χ2n) is 5.07. The van der Waals surface area contributed by atoms with Gasteiger partial charge in [-0.05, 0) is 30.3 Å². The first-order chi connectivity index (χ1) is 11.1. The van der Waals surface area contributed by atoms with Gasteiger partial charge in [0.25, 0.3) is 0 Å². The van der Waals surface area contributed by atoms with Gasteiger partial charge in [-0.25, -0.2) is 4.98 Å². The first-order valence-corrected chi connectivity index (χ1v) is 7.75. The van der Waals surface area contributed by atoms with E-state index < -0.39 is 0 Å². The lowest BCUT2D eigenvalue weighted by atomic mass is 10.2. The summed E-state index contributed by atoms with van der Waals surface area (Å²) in [5, 5.41) is 3.34. The normalized spacial score (nSPS) is 10.6. The van der Waals surface area contributed by atoms with Crippen molar-refractivity contribution >= 4 is 23.2 Å². The van der Waals surface area contributed by atoms with E-state index in [9.17, 15) is 4.79 Å². The van der Waals surface area contributed by atoms with Gasteiger partial charge < -0.3 is 10.1 Å². The molecule has 0 saturated carbocycles. The zero-order valence-corrected chi connectivity index (χ0v) is 14.0. The highest BCUT2D eigenvalue weighted by Crippen LogP contribution is 2.16. The van der Waals surface area contributed by atoms with E-state index in [0.29, 0.717) is 24.0 Å². The largest absolute Gasteiger partial charge is 0.497 e. The number of benzene rings is 1. The molecule has 23 heavy (non-hydrogen) atoms. The molecule has 0 unspecified atom stereocenters. The molecule has 2 rings (SSSR count). The van der Waals surface area contributed by atoms with Gasteiger partial charge in [0.15, 0.2) is 0 Å². The number of halogens is 1. The molecule has 1 N–H and O–H groups in total. The third-order valence-electron chi connectivity index (χ3n) is 3.36.